The highest BCUT2D eigenvalue weighted by Crippen LogP contribution is 2.25. The number of nitrogens with zero attached hydrogens (tertiary/aromatic N) is 1. The number of anilines is 1. The Morgan fingerprint density at radius 1 is 1.50 bits per heavy atom. The van der Waals surface area contributed by atoms with Crippen LogP contribution in [0.1, 0.15) is 0 Å². The number of aromatic nitrogens is 1. The van der Waals surface area contributed by atoms with Crippen LogP contribution in [0.2, 0.25) is 0 Å². The predicted octanol–water partition coefficient (Wildman–Crippen LogP) is 2.64. The SMILES string of the molecule is Nc1c(I)cnc(Br)c1I. The van der Waals surface area contributed by atoms with E-state index in [1.807, 2.05) is 0 Å². The van der Waals surface area contributed by atoms with Crippen molar-refractivity contribution in [2.24, 2.45) is 0 Å². The maximum Gasteiger partial charge on any atom is 0.121 e. The molecule has 0 saturated carbocycles. The number of hydrogen-bond donors (Lipinski definition) is 1. The molecule has 2 nitrogen and oxygen atoms in total. The third-order valence-electron chi connectivity index (χ3n) is 0.966. The molecule has 1 aromatic rings. The number of halogens is 3. The summed E-state index contributed by atoms with van der Waals surface area (Å²) in [5.74, 6) is 0. The highest BCUT2D eigenvalue weighted by Gasteiger charge is 2.04. The molecule has 0 aliphatic rings. The highest BCUT2D eigenvalue weighted by atomic mass is 127. The second-order valence-electron chi connectivity index (χ2n) is 1.62. The minimum Gasteiger partial charge on any atom is -0.397 e. The summed E-state index contributed by atoms with van der Waals surface area (Å²) in [5.41, 5.74) is 6.49. The van der Waals surface area contributed by atoms with E-state index in [1.54, 1.807) is 6.20 Å². The van der Waals surface area contributed by atoms with Crippen molar-refractivity contribution in [2.75, 3.05) is 5.73 Å². The van der Waals surface area contributed by atoms with Crippen LogP contribution in [0.5, 0.6) is 0 Å². The number of nitrogens with two attached hydrogens (primary N) is 1. The molecule has 0 unspecified atom stereocenters. The summed E-state index contributed by atoms with van der Waals surface area (Å²) >= 11 is 7.59. The fourth-order valence-electron chi connectivity index (χ4n) is 0.456. The number of rotatable bonds is 0. The monoisotopic (exact) mass is 424 g/mol. The van der Waals surface area contributed by atoms with Gasteiger partial charge in [-0.25, -0.2) is 4.98 Å². The Morgan fingerprint density at radius 3 is 2.60 bits per heavy atom. The van der Waals surface area contributed by atoms with E-state index in [0.717, 1.165) is 17.4 Å². The zero-order valence-electron chi connectivity index (χ0n) is 4.74. The minimum absolute atomic E-state index is 0.795. The maximum absolute atomic E-state index is 5.70. The normalized spacial score (nSPS) is 9.90. The van der Waals surface area contributed by atoms with E-state index >= 15 is 0 Å². The first-order chi connectivity index (χ1) is 4.63. The largest absolute Gasteiger partial charge is 0.397 e. The molecule has 0 aliphatic heterocycles. The van der Waals surface area contributed by atoms with Crippen molar-refractivity contribution in [3.8, 4) is 0 Å². The standard InChI is InChI=1S/C5H3BrI2N2/c6-5-3(8)4(9)2(7)1-10-5/h1H,(H2,9,10). The predicted molar refractivity (Wildman–Crippen MR) is 61.8 cm³/mol. The minimum atomic E-state index is 0.795. The third kappa shape index (κ3) is 1.73. The van der Waals surface area contributed by atoms with Gasteiger partial charge in [-0.05, 0) is 61.1 Å². The first kappa shape index (κ1) is 8.98. The van der Waals surface area contributed by atoms with Gasteiger partial charge in [0.2, 0.25) is 0 Å². The molecular formula is C5H3BrI2N2. The molecule has 0 amide bonds. The molecule has 54 valence electrons. The van der Waals surface area contributed by atoms with Crippen molar-refractivity contribution < 1.29 is 0 Å². The van der Waals surface area contributed by atoms with E-state index in [4.69, 9.17) is 5.73 Å². The fraction of sp³-hybridized carbons (Fsp3) is 0. The third-order valence-corrected chi connectivity index (χ3v) is 4.26. The molecule has 0 saturated heterocycles. The lowest BCUT2D eigenvalue weighted by molar-refractivity contribution is 1.24. The Morgan fingerprint density at radius 2 is 2.10 bits per heavy atom. The van der Waals surface area contributed by atoms with Crippen LogP contribution < -0.4 is 5.73 Å². The molecule has 10 heavy (non-hydrogen) atoms. The van der Waals surface area contributed by atoms with E-state index in [9.17, 15) is 0 Å². The lowest BCUT2D eigenvalue weighted by atomic mass is 10.4. The molecule has 5 heteroatoms. The molecule has 0 radical (unpaired) electrons. The summed E-state index contributed by atoms with van der Waals surface area (Å²) in [6, 6.07) is 0. The van der Waals surface area contributed by atoms with Crippen LogP contribution in [0.4, 0.5) is 5.69 Å². The van der Waals surface area contributed by atoms with Crippen molar-refractivity contribution in [3.63, 3.8) is 0 Å². The fourth-order valence-corrected chi connectivity index (χ4v) is 2.13. The smallest absolute Gasteiger partial charge is 0.121 e. The van der Waals surface area contributed by atoms with Gasteiger partial charge in [0.25, 0.3) is 0 Å². The van der Waals surface area contributed by atoms with Crippen LogP contribution in [0.25, 0.3) is 0 Å². The lowest BCUT2D eigenvalue weighted by Crippen LogP contribution is -1.95. The number of hydrogen-bond acceptors (Lipinski definition) is 2. The summed E-state index contributed by atoms with van der Waals surface area (Å²) in [6.07, 6.45) is 1.74. The molecule has 0 bridgehead atoms. The molecular weight excluding hydrogens is 422 g/mol. The first-order valence-corrected chi connectivity index (χ1v) is 5.33. The lowest BCUT2D eigenvalue weighted by Gasteiger charge is -2.00. The zero-order valence-corrected chi connectivity index (χ0v) is 10.6. The molecule has 1 heterocycles. The molecule has 0 fully saturated rings. The first-order valence-electron chi connectivity index (χ1n) is 2.38. The second kappa shape index (κ2) is 3.53. The zero-order chi connectivity index (χ0) is 7.72. The summed E-state index contributed by atoms with van der Waals surface area (Å²) in [5, 5.41) is 0. The highest BCUT2D eigenvalue weighted by molar-refractivity contribution is 14.1. The van der Waals surface area contributed by atoms with E-state index in [0.29, 0.717) is 0 Å². The number of pyridine rings is 1. The van der Waals surface area contributed by atoms with Crippen LogP contribution in [0, 0.1) is 7.14 Å². The van der Waals surface area contributed by atoms with Gasteiger partial charge in [0.05, 0.1) is 12.8 Å². The van der Waals surface area contributed by atoms with Crippen LogP contribution in [0.3, 0.4) is 0 Å². The van der Waals surface area contributed by atoms with Gasteiger partial charge >= 0.3 is 0 Å². The molecule has 2 N–H and O–H groups in total. The Labute approximate surface area is 94.4 Å². The summed E-state index contributed by atoms with van der Waals surface area (Å²) < 4.78 is 2.78. The number of nitrogen functional groups attached to an aromatic ring is 1. The van der Waals surface area contributed by atoms with Crippen molar-refractivity contribution in [1.29, 1.82) is 0 Å². The quantitative estimate of drug-likeness (QED) is 0.514. The van der Waals surface area contributed by atoms with E-state index < -0.39 is 0 Å². The molecule has 0 atom stereocenters. The average Bonchev–Trinajstić information content (AvgIpc) is 1.93. The van der Waals surface area contributed by atoms with Gasteiger partial charge in [-0.15, -0.1) is 0 Å². The van der Waals surface area contributed by atoms with E-state index in [1.165, 1.54) is 0 Å². The Bertz CT molecular complexity index is 237. The van der Waals surface area contributed by atoms with Gasteiger partial charge in [0.15, 0.2) is 0 Å². The molecule has 0 spiro atoms. The molecule has 1 aromatic heterocycles. The Kier molecular flexibility index (Phi) is 3.17. The maximum atomic E-state index is 5.70. The molecule has 1 rings (SSSR count). The Hall–Kier alpha value is 0.890. The van der Waals surface area contributed by atoms with Gasteiger partial charge in [-0.1, -0.05) is 0 Å². The summed E-state index contributed by atoms with van der Waals surface area (Å²) in [6.45, 7) is 0. The van der Waals surface area contributed by atoms with Gasteiger partial charge in [0, 0.05) is 6.20 Å². The van der Waals surface area contributed by atoms with Gasteiger partial charge in [0.1, 0.15) is 4.60 Å². The van der Waals surface area contributed by atoms with E-state index in [2.05, 4.69) is 66.1 Å². The van der Waals surface area contributed by atoms with Gasteiger partial charge in [-0.3, -0.25) is 0 Å². The molecule has 0 aliphatic carbocycles. The van der Waals surface area contributed by atoms with Crippen molar-refractivity contribution in [3.05, 3.63) is 17.9 Å². The van der Waals surface area contributed by atoms with Crippen LogP contribution in [-0.4, -0.2) is 4.98 Å². The van der Waals surface area contributed by atoms with Crippen LogP contribution in [0.15, 0.2) is 10.8 Å². The average molecular weight is 425 g/mol. The second-order valence-corrected chi connectivity index (χ2v) is 4.62. The van der Waals surface area contributed by atoms with Crippen molar-refractivity contribution >= 4 is 66.8 Å². The summed E-state index contributed by atoms with van der Waals surface area (Å²) in [7, 11) is 0. The Balaban J connectivity index is 3.34. The molecule has 0 aromatic carbocycles. The van der Waals surface area contributed by atoms with Crippen LogP contribution >= 0.6 is 61.1 Å². The van der Waals surface area contributed by atoms with Crippen molar-refractivity contribution in [1.82, 2.24) is 4.98 Å². The van der Waals surface area contributed by atoms with Gasteiger partial charge in [-0.2, -0.15) is 0 Å². The van der Waals surface area contributed by atoms with Crippen LogP contribution in [-0.2, 0) is 0 Å². The summed E-state index contributed by atoms with van der Waals surface area (Å²) in [4.78, 5) is 4.06. The van der Waals surface area contributed by atoms with Gasteiger partial charge < -0.3 is 5.73 Å². The van der Waals surface area contributed by atoms with Crippen molar-refractivity contribution in [2.45, 2.75) is 0 Å². The topological polar surface area (TPSA) is 38.9 Å². The van der Waals surface area contributed by atoms with E-state index in [-0.39, 0.29) is 0 Å².